The van der Waals surface area contributed by atoms with Crippen molar-refractivity contribution in [2.24, 2.45) is 0 Å². The van der Waals surface area contributed by atoms with Crippen LogP contribution in [0, 0.1) is 0 Å². The zero-order valence-electron chi connectivity index (χ0n) is 14.6. The smallest absolute Gasteiger partial charge is 0.262 e. The van der Waals surface area contributed by atoms with Gasteiger partial charge in [-0.3, -0.25) is 9.69 Å². The van der Waals surface area contributed by atoms with Crippen molar-refractivity contribution < 1.29 is 19.7 Å². The molecule has 3 aromatic rings. The highest BCUT2D eigenvalue weighted by Crippen LogP contribution is 2.41. The lowest BCUT2D eigenvalue weighted by atomic mass is 10.0. The SMILES string of the molecule is COc1ccccc1N1C(=O)c2ccccc2NC1c1ccc(O)c(O)c1. The van der Waals surface area contributed by atoms with Gasteiger partial charge in [0.05, 0.1) is 18.4 Å². The first-order valence-corrected chi connectivity index (χ1v) is 8.44. The van der Waals surface area contributed by atoms with Gasteiger partial charge < -0.3 is 20.3 Å². The highest BCUT2D eigenvalue weighted by molar-refractivity contribution is 6.12. The molecule has 0 saturated carbocycles. The lowest BCUT2D eigenvalue weighted by Crippen LogP contribution is -2.43. The van der Waals surface area contributed by atoms with E-state index < -0.39 is 6.17 Å². The van der Waals surface area contributed by atoms with E-state index in [1.165, 1.54) is 12.1 Å². The number of anilines is 2. The van der Waals surface area contributed by atoms with Crippen molar-refractivity contribution in [2.45, 2.75) is 6.17 Å². The van der Waals surface area contributed by atoms with Gasteiger partial charge in [-0.1, -0.05) is 30.3 Å². The molecular formula is C21H18N2O4. The van der Waals surface area contributed by atoms with Gasteiger partial charge >= 0.3 is 0 Å². The number of benzene rings is 3. The summed E-state index contributed by atoms with van der Waals surface area (Å²) >= 11 is 0. The molecule has 0 radical (unpaired) electrons. The minimum absolute atomic E-state index is 0.189. The maximum atomic E-state index is 13.3. The quantitative estimate of drug-likeness (QED) is 0.616. The average Bonchev–Trinajstić information content (AvgIpc) is 2.70. The van der Waals surface area contributed by atoms with Crippen LogP contribution in [0.2, 0.25) is 0 Å². The molecule has 0 spiro atoms. The molecule has 136 valence electrons. The monoisotopic (exact) mass is 362 g/mol. The molecular weight excluding hydrogens is 344 g/mol. The van der Waals surface area contributed by atoms with E-state index in [0.717, 1.165) is 0 Å². The number of carbonyl (C=O) groups is 1. The second-order valence-electron chi connectivity index (χ2n) is 6.19. The number of hydrogen-bond acceptors (Lipinski definition) is 5. The van der Waals surface area contributed by atoms with Gasteiger partial charge in [0.1, 0.15) is 11.9 Å². The summed E-state index contributed by atoms with van der Waals surface area (Å²) in [6, 6.07) is 19.0. The molecule has 1 amide bonds. The van der Waals surface area contributed by atoms with Gasteiger partial charge in [0, 0.05) is 5.69 Å². The summed E-state index contributed by atoms with van der Waals surface area (Å²) in [4.78, 5) is 14.9. The number of hydrogen-bond donors (Lipinski definition) is 3. The summed E-state index contributed by atoms with van der Waals surface area (Å²) in [7, 11) is 1.55. The summed E-state index contributed by atoms with van der Waals surface area (Å²) in [6.45, 7) is 0. The molecule has 0 aromatic heterocycles. The number of fused-ring (bicyclic) bond motifs is 1. The number of nitrogens with one attached hydrogen (secondary N) is 1. The molecule has 1 atom stereocenters. The second kappa shape index (κ2) is 6.57. The number of aromatic hydroxyl groups is 2. The third kappa shape index (κ3) is 2.81. The zero-order valence-corrected chi connectivity index (χ0v) is 14.6. The van der Waals surface area contributed by atoms with Crippen LogP contribution in [-0.2, 0) is 0 Å². The Morgan fingerprint density at radius 1 is 0.963 bits per heavy atom. The molecule has 3 N–H and O–H groups in total. The number of rotatable bonds is 3. The fourth-order valence-corrected chi connectivity index (χ4v) is 3.27. The van der Waals surface area contributed by atoms with Crippen LogP contribution in [-0.4, -0.2) is 23.2 Å². The maximum Gasteiger partial charge on any atom is 0.262 e. The van der Waals surface area contributed by atoms with Gasteiger partial charge in [-0.2, -0.15) is 0 Å². The highest BCUT2D eigenvalue weighted by Gasteiger charge is 2.35. The van der Waals surface area contributed by atoms with E-state index in [2.05, 4.69) is 5.32 Å². The fourth-order valence-electron chi connectivity index (χ4n) is 3.27. The Labute approximate surface area is 156 Å². The molecule has 1 heterocycles. The predicted octanol–water partition coefficient (Wildman–Crippen LogP) is 3.88. The second-order valence-corrected chi connectivity index (χ2v) is 6.19. The fraction of sp³-hybridized carbons (Fsp3) is 0.0952. The van der Waals surface area contributed by atoms with Crippen LogP contribution in [0.25, 0.3) is 0 Å². The number of nitrogens with zero attached hydrogens (tertiary/aromatic N) is 1. The molecule has 1 unspecified atom stereocenters. The van der Waals surface area contributed by atoms with E-state index >= 15 is 0 Å². The number of phenols is 2. The molecule has 4 rings (SSSR count). The van der Waals surface area contributed by atoms with Crippen LogP contribution in [0.4, 0.5) is 11.4 Å². The topological polar surface area (TPSA) is 82.0 Å². The summed E-state index contributed by atoms with van der Waals surface area (Å²) in [5.41, 5.74) is 2.47. The van der Waals surface area contributed by atoms with Crippen molar-refractivity contribution in [3.8, 4) is 17.2 Å². The number of carbonyl (C=O) groups excluding carboxylic acids is 1. The first-order chi connectivity index (χ1) is 13.1. The van der Waals surface area contributed by atoms with Crippen LogP contribution in [0.15, 0.2) is 66.7 Å². The van der Waals surface area contributed by atoms with Crippen molar-refractivity contribution >= 4 is 17.3 Å². The average molecular weight is 362 g/mol. The first kappa shape index (κ1) is 16.8. The van der Waals surface area contributed by atoms with Crippen molar-refractivity contribution in [3.05, 3.63) is 77.9 Å². The van der Waals surface area contributed by atoms with Gasteiger partial charge in [-0.15, -0.1) is 0 Å². The van der Waals surface area contributed by atoms with E-state index in [4.69, 9.17) is 4.74 Å². The first-order valence-electron chi connectivity index (χ1n) is 8.44. The van der Waals surface area contributed by atoms with Gasteiger partial charge in [-0.05, 0) is 42.0 Å². The molecule has 1 aliphatic heterocycles. The van der Waals surface area contributed by atoms with E-state index in [1.54, 1.807) is 36.3 Å². The molecule has 1 aliphatic rings. The Bertz CT molecular complexity index is 1020. The van der Waals surface area contributed by atoms with Crippen molar-refractivity contribution in [2.75, 3.05) is 17.3 Å². The number of para-hydroxylation sites is 3. The summed E-state index contributed by atoms with van der Waals surface area (Å²) in [6.07, 6.45) is -0.588. The molecule has 0 bridgehead atoms. The number of methoxy groups -OCH3 is 1. The minimum atomic E-state index is -0.588. The highest BCUT2D eigenvalue weighted by atomic mass is 16.5. The zero-order chi connectivity index (χ0) is 19.0. The van der Waals surface area contributed by atoms with E-state index in [0.29, 0.717) is 28.3 Å². The lowest BCUT2D eigenvalue weighted by molar-refractivity contribution is 0.0974. The molecule has 0 saturated heterocycles. The maximum absolute atomic E-state index is 13.3. The molecule has 6 nitrogen and oxygen atoms in total. The molecule has 6 heteroatoms. The standard InChI is InChI=1S/C21H18N2O4/c1-27-19-9-5-4-8-16(19)23-20(13-10-11-17(24)18(25)12-13)22-15-7-3-2-6-14(15)21(23)26/h2-12,20,22,24-25H,1H3. The lowest BCUT2D eigenvalue weighted by Gasteiger charge is -2.38. The van der Waals surface area contributed by atoms with Crippen LogP contribution >= 0.6 is 0 Å². The Balaban J connectivity index is 1.90. The van der Waals surface area contributed by atoms with Crippen LogP contribution < -0.4 is 15.0 Å². The van der Waals surface area contributed by atoms with Gasteiger partial charge in [0.2, 0.25) is 0 Å². The molecule has 27 heavy (non-hydrogen) atoms. The molecule has 3 aromatic carbocycles. The van der Waals surface area contributed by atoms with Crippen LogP contribution in [0.3, 0.4) is 0 Å². The summed E-state index contributed by atoms with van der Waals surface area (Å²) in [5.74, 6) is -0.0999. The Morgan fingerprint density at radius 2 is 1.70 bits per heavy atom. The third-order valence-corrected chi connectivity index (χ3v) is 4.59. The summed E-state index contributed by atoms with van der Waals surface area (Å²) < 4.78 is 5.45. The number of ether oxygens (including phenoxy) is 1. The Morgan fingerprint density at radius 3 is 2.48 bits per heavy atom. The molecule has 0 fully saturated rings. The molecule has 0 aliphatic carbocycles. The van der Waals surface area contributed by atoms with Crippen molar-refractivity contribution in [1.82, 2.24) is 0 Å². The Hall–Kier alpha value is -3.67. The van der Waals surface area contributed by atoms with E-state index in [9.17, 15) is 15.0 Å². The van der Waals surface area contributed by atoms with Gasteiger partial charge in [0.25, 0.3) is 5.91 Å². The summed E-state index contributed by atoms with van der Waals surface area (Å²) in [5, 5.41) is 22.9. The van der Waals surface area contributed by atoms with E-state index in [1.807, 2.05) is 30.3 Å². The number of amides is 1. The Kier molecular flexibility index (Phi) is 4.08. The minimum Gasteiger partial charge on any atom is -0.504 e. The third-order valence-electron chi connectivity index (χ3n) is 4.59. The van der Waals surface area contributed by atoms with Gasteiger partial charge in [-0.25, -0.2) is 0 Å². The van der Waals surface area contributed by atoms with Gasteiger partial charge in [0.15, 0.2) is 11.5 Å². The predicted molar refractivity (Wildman–Crippen MR) is 102 cm³/mol. The largest absolute Gasteiger partial charge is 0.504 e. The normalized spacial score (nSPS) is 15.8. The van der Waals surface area contributed by atoms with Crippen molar-refractivity contribution in [1.29, 1.82) is 0 Å². The van der Waals surface area contributed by atoms with Crippen LogP contribution in [0.1, 0.15) is 22.1 Å². The van der Waals surface area contributed by atoms with Crippen molar-refractivity contribution in [3.63, 3.8) is 0 Å². The number of phenolic OH excluding ortho intramolecular Hbond substituents is 2. The van der Waals surface area contributed by atoms with E-state index in [-0.39, 0.29) is 17.4 Å². The van der Waals surface area contributed by atoms with Crippen LogP contribution in [0.5, 0.6) is 17.2 Å².